The second-order valence-electron chi connectivity index (χ2n) is 6.12. The van der Waals surface area contributed by atoms with Crippen LogP contribution in [0.25, 0.3) is 0 Å². The number of carbonyl (C=O) groups excluding carboxylic acids is 2. The molecule has 0 atom stereocenters. The molecule has 0 radical (unpaired) electrons. The fourth-order valence-corrected chi connectivity index (χ4v) is 2.91. The largest absolute Gasteiger partial charge is 0.355 e. The molecule has 0 aliphatic rings. The first kappa shape index (κ1) is 20.1. The summed E-state index contributed by atoms with van der Waals surface area (Å²) in [6.07, 6.45) is 0.856. The number of rotatable bonds is 9. The molecule has 5 nitrogen and oxygen atoms in total. The lowest BCUT2D eigenvalue weighted by Crippen LogP contribution is -2.37. The van der Waals surface area contributed by atoms with Crippen LogP contribution < -0.4 is 10.6 Å². The molecule has 0 aliphatic heterocycles. The van der Waals surface area contributed by atoms with Crippen molar-refractivity contribution in [3.05, 3.63) is 70.2 Å². The molecule has 2 rings (SSSR count). The van der Waals surface area contributed by atoms with E-state index in [2.05, 4.69) is 50.6 Å². The Morgan fingerprint density at radius 1 is 1.04 bits per heavy atom. The standard InChI is InChI=1S/C20H24BrN3O2/c1-24(15-16-7-3-2-4-8-16)12-6-11-22-19(25)14-23-20(26)17-9-5-10-18(21)13-17/h2-5,7-10,13H,6,11-12,14-15H2,1H3,(H,22,25)(H,23,26). The average molecular weight is 418 g/mol. The van der Waals surface area contributed by atoms with Gasteiger partial charge in [-0.2, -0.15) is 0 Å². The van der Waals surface area contributed by atoms with Gasteiger partial charge in [-0.15, -0.1) is 0 Å². The van der Waals surface area contributed by atoms with E-state index in [1.54, 1.807) is 18.2 Å². The highest BCUT2D eigenvalue weighted by atomic mass is 79.9. The normalized spacial score (nSPS) is 10.6. The molecule has 0 saturated carbocycles. The van der Waals surface area contributed by atoms with Crippen molar-refractivity contribution in [2.75, 3.05) is 26.7 Å². The van der Waals surface area contributed by atoms with Crippen LogP contribution in [-0.4, -0.2) is 43.4 Å². The second kappa shape index (κ2) is 10.7. The van der Waals surface area contributed by atoms with E-state index in [9.17, 15) is 9.59 Å². The molecule has 2 amide bonds. The Hall–Kier alpha value is -2.18. The molecule has 0 aliphatic carbocycles. The lowest BCUT2D eigenvalue weighted by molar-refractivity contribution is -0.120. The highest BCUT2D eigenvalue weighted by Gasteiger charge is 2.08. The first-order valence-electron chi connectivity index (χ1n) is 8.57. The van der Waals surface area contributed by atoms with Crippen LogP contribution in [0.1, 0.15) is 22.3 Å². The van der Waals surface area contributed by atoms with Crippen LogP contribution in [0.15, 0.2) is 59.1 Å². The summed E-state index contributed by atoms with van der Waals surface area (Å²) in [4.78, 5) is 26.0. The van der Waals surface area contributed by atoms with Crippen LogP contribution >= 0.6 is 15.9 Å². The monoisotopic (exact) mass is 417 g/mol. The van der Waals surface area contributed by atoms with Gasteiger partial charge in [0.2, 0.25) is 5.91 Å². The van der Waals surface area contributed by atoms with Crippen molar-refractivity contribution in [1.82, 2.24) is 15.5 Å². The summed E-state index contributed by atoms with van der Waals surface area (Å²) in [5.74, 6) is -0.442. The lowest BCUT2D eigenvalue weighted by atomic mass is 10.2. The van der Waals surface area contributed by atoms with E-state index in [1.165, 1.54) is 5.56 Å². The molecule has 0 aromatic heterocycles. The highest BCUT2D eigenvalue weighted by Crippen LogP contribution is 2.11. The maximum absolute atomic E-state index is 12.0. The molecule has 0 unspecified atom stereocenters. The summed E-state index contributed by atoms with van der Waals surface area (Å²) >= 11 is 3.32. The highest BCUT2D eigenvalue weighted by molar-refractivity contribution is 9.10. The molecular formula is C20H24BrN3O2. The van der Waals surface area contributed by atoms with Crippen molar-refractivity contribution < 1.29 is 9.59 Å². The molecule has 26 heavy (non-hydrogen) atoms. The third-order valence-corrected chi connectivity index (χ3v) is 4.32. The van der Waals surface area contributed by atoms with Crippen molar-refractivity contribution in [2.45, 2.75) is 13.0 Å². The van der Waals surface area contributed by atoms with Crippen molar-refractivity contribution >= 4 is 27.7 Å². The van der Waals surface area contributed by atoms with Gasteiger partial charge in [0.25, 0.3) is 5.91 Å². The van der Waals surface area contributed by atoms with E-state index in [0.717, 1.165) is 24.0 Å². The maximum Gasteiger partial charge on any atom is 0.251 e. The van der Waals surface area contributed by atoms with Crippen LogP contribution in [0.5, 0.6) is 0 Å². The maximum atomic E-state index is 12.0. The Bertz CT molecular complexity index is 722. The van der Waals surface area contributed by atoms with E-state index < -0.39 is 0 Å². The van der Waals surface area contributed by atoms with E-state index in [1.807, 2.05) is 24.3 Å². The topological polar surface area (TPSA) is 61.4 Å². The zero-order chi connectivity index (χ0) is 18.8. The molecule has 138 valence electrons. The fraction of sp³-hybridized carbons (Fsp3) is 0.300. The average Bonchev–Trinajstić information content (AvgIpc) is 2.64. The predicted molar refractivity (Wildman–Crippen MR) is 107 cm³/mol. The lowest BCUT2D eigenvalue weighted by Gasteiger charge is -2.16. The zero-order valence-electron chi connectivity index (χ0n) is 14.9. The molecule has 0 saturated heterocycles. The molecular weight excluding hydrogens is 394 g/mol. The van der Waals surface area contributed by atoms with Gasteiger partial charge in [0.05, 0.1) is 6.54 Å². The SMILES string of the molecule is CN(CCCNC(=O)CNC(=O)c1cccc(Br)c1)Cc1ccccc1. The van der Waals surface area contributed by atoms with Crippen LogP contribution in [0.4, 0.5) is 0 Å². The van der Waals surface area contributed by atoms with Gasteiger partial charge < -0.3 is 15.5 Å². The van der Waals surface area contributed by atoms with Gasteiger partial charge in [-0.05, 0) is 43.8 Å². The number of carbonyl (C=O) groups is 2. The van der Waals surface area contributed by atoms with Gasteiger partial charge in [-0.25, -0.2) is 0 Å². The minimum absolute atomic E-state index is 0.0226. The minimum Gasteiger partial charge on any atom is -0.355 e. The van der Waals surface area contributed by atoms with Crippen molar-refractivity contribution in [1.29, 1.82) is 0 Å². The number of nitrogens with zero attached hydrogens (tertiary/aromatic N) is 1. The Labute approximate surface area is 162 Å². The van der Waals surface area contributed by atoms with E-state index in [0.29, 0.717) is 12.1 Å². The Balaban J connectivity index is 1.59. The van der Waals surface area contributed by atoms with Crippen molar-refractivity contribution in [3.63, 3.8) is 0 Å². The smallest absolute Gasteiger partial charge is 0.251 e. The summed E-state index contributed by atoms with van der Waals surface area (Å²) in [5.41, 5.74) is 1.80. The first-order valence-corrected chi connectivity index (χ1v) is 9.37. The quantitative estimate of drug-likeness (QED) is 0.616. The fourth-order valence-electron chi connectivity index (χ4n) is 2.51. The number of nitrogens with one attached hydrogen (secondary N) is 2. The molecule has 0 heterocycles. The van der Waals surface area contributed by atoms with Crippen LogP contribution in [0.2, 0.25) is 0 Å². The number of hydrogen-bond acceptors (Lipinski definition) is 3. The summed E-state index contributed by atoms with van der Waals surface area (Å²) in [7, 11) is 2.06. The first-order chi connectivity index (χ1) is 12.5. The van der Waals surface area contributed by atoms with Crippen molar-refractivity contribution in [2.24, 2.45) is 0 Å². The van der Waals surface area contributed by atoms with Gasteiger partial charge in [-0.3, -0.25) is 9.59 Å². The van der Waals surface area contributed by atoms with Crippen molar-refractivity contribution in [3.8, 4) is 0 Å². The predicted octanol–water partition coefficient (Wildman–Crippen LogP) is 2.82. The summed E-state index contributed by atoms with van der Waals surface area (Å²) < 4.78 is 0.828. The van der Waals surface area contributed by atoms with Gasteiger partial charge >= 0.3 is 0 Å². The molecule has 2 aromatic carbocycles. The van der Waals surface area contributed by atoms with E-state index in [-0.39, 0.29) is 18.4 Å². The third kappa shape index (κ3) is 7.37. The Morgan fingerprint density at radius 3 is 2.54 bits per heavy atom. The van der Waals surface area contributed by atoms with Crippen LogP contribution in [0.3, 0.4) is 0 Å². The zero-order valence-corrected chi connectivity index (χ0v) is 16.5. The number of halogens is 1. The minimum atomic E-state index is -0.260. The van der Waals surface area contributed by atoms with E-state index in [4.69, 9.17) is 0 Å². The molecule has 6 heteroatoms. The van der Waals surface area contributed by atoms with Gasteiger partial charge in [-0.1, -0.05) is 52.3 Å². The summed E-state index contributed by atoms with van der Waals surface area (Å²) in [5, 5.41) is 5.46. The molecule has 0 spiro atoms. The van der Waals surface area contributed by atoms with Gasteiger partial charge in [0.1, 0.15) is 0 Å². The number of amides is 2. The summed E-state index contributed by atoms with van der Waals surface area (Å²) in [6.45, 7) is 2.34. The second-order valence-corrected chi connectivity index (χ2v) is 7.04. The van der Waals surface area contributed by atoms with Gasteiger partial charge in [0.15, 0.2) is 0 Å². The van der Waals surface area contributed by atoms with Crippen LogP contribution in [0, 0.1) is 0 Å². The van der Waals surface area contributed by atoms with Gasteiger partial charge in [0, 0.05) is 23.1 Å². The number of benzene rings is 2. The molecule has 2 aromatic rings. The molecule has 0 bridgehead atoms. The Morgan fingerprint density at radius 2 is 1.81 bits per heavy atom. The summed E-state index contributed by atoms with van der Waals surface area (Å²) in [6, 6.07) is 17.3. The molecule has 0 fully saturated rings. The van der Waals surface area contributed by atoms with E-state index >= 15 is 0 Å². The number of hydrogen-bond donors (Lipinski definition) is 2. The molecule has 2 N–H and O–H groups in total. The Kier molecular flexibility index (Phi) is 8.31. The third-order valence-electron chi connectivity index (χ3n) is 3.83. The van der Waals surface area contributed by atoms with Crippen LogP contribution in [-0.2, 0) is 11.3 Å².